The fourth-order valence-electron chi connectivity index (χ4n) is 2.86. The lowest BCUT2D eigenvalue weighted by atomic mass is 10.1. The summed E-state index contributed by atoms with van der Waals surface area (Å²) in [6, 6.07) is 13.9. The van der Waals surface area contributed by atoms with Crippen LogP contribution in [0.1, 0.15) is 16.1 Å². The average Bonchev–Trinajstić information content (AvgIpc) is 3.12. The largest absolute Gasteiger partial charge is 0.358 e. The number of hydrogen-bond acceptors (Lipinski definition) is 3. The fourth-order valence-corrected chi connectivity index (χ4v) is 3.70. The average molecular weight is 321 g/mol. The van der Waals surface area contributed by atoms with Crippen molar-refractivity contribution in [1.82, 2.24) is 14.4 Å². The molecule has 0 aliphatic carbocycles. The molecule has 0 bridgehead atoms. The number of hydrogen-bond donors (Lipinski definition) is 1. The van der Waals surface area contributed by atoms with E-state index in [-0.39, 0.29) is 5.78 Å². The van der Waals surface area contributed by atoms with Crippen molar-refractivity contribution in [3.8, 4) is 0 Å². The Balaban J connectivity index is 1.61. The third-order valence-corrected chi connectivity index (χ3v) is 4.88. The first-order chi connectivity index (χ1) is 11.2. The van der Waals surface area contributed by atoms with E-state index in [1.807, 2.05) is 66.2 Å². The minimum atomic E-state index is 0.123. The second-order valence-electron chi connectivity index (χ2n) is 5.42. The highest BCUT2D eigenvalue weighted by molar-refractivity contribution is 7.99. The van der Waals surface area contributed by atoms with Crippen LogP contribution in [0.3, 0.4) is 0 Å². The van der Waals surface area contributed by atoms with E-state index in [9.17, 15) is 4.79 Å². The molecule has 3 heterocycles. The van der Waals surface area contributed by atoms with E-state index < -0.39 is 0 Å². The lowest BCUT2D eigenvalue weighted by Gasteiger charge is -2.02. The molecule has 4 rings (SSSR count). The van der Waals surface area contributed by atoms with E-state index in [0.29, 0.717) is 5.75 Å². The van der Waals surface area contributed by atoms with Crippen molar-refractivity contribution in [2.24, 2.45) is 0 Å². The van der Waals surface area contributed by atoms with Crippen LogP contribution < -0.4 is 0 Å². The summed E-state index contributed by atoms with van der Waals surface area (Å²) in [4.78, 5) is 20.4. The maximum atomic E-state index is 12.7. The van der Waals surface area contributed by atoms with Gasteiger partial charge in [0, 0.05) is 28.4 Å². The molecule has 0 fully saturated rings. The van der Waals surface area contributed by atoms with Crippen molar-refractivity contribution in [3.05, 3.63) is 66.1 Å². The normalized spacial score (nSPS) is 11.3. The molecule has 1 aromatic carbocycles. The van der Waals surface area contributed by atoms with Crippen LogP contribution in [-0.4, -0.2) is 25.9 Å². The monoisotopic (exact) mass is 321 g/mol. The van der Waals surface area contributed by atoms with Gasteiger partial charge < -0.3 is 4.98 Å². The molecule has 0 amide bonds. The first-order valence-electron chi connectivity index (χ1n) is 7.39. The highest BCUT2D eigenvalue weighted by Gasteiger charge is 2.16. The van der Waals surface area contributed by atoms with Gasteiger partial charge in [-0.05, 0) is 25.1 Å². The van der Waals surface area contributed by atoms with Gasteiger partial charge in [-0.3, -0.25) is 9.20 Å². The van der Waals surface area contributed by atoms with E-state index in [2.05, 4.69) is 9.97 Å². The summed E-state index contributed by atoms with van der Waals surface area (Å²) >= 11 is 1.47. The Bertz CT molecular complexity index is 1020. The summed E-state index contributed by atoms with van der Waals surface area (Å²) in [5.41, 5.74) is 3.74. The highest BCUT2D eigenvalue weighted by Crippen LogP contribution is 2.25. The number of fused-ring (bicyclic) bond motifs is 2. The predicted molar refractivity (Wildman–Crippen MR) is 93.3 cm³/mol. The summed E-state index contributed by atoms with van der Waals surface area (Å²) in [5.74, 6) is 0.495. The predicted octanol–water partition coefficient (Wildman–Crippen LogP) is 4.10. The van der Waals surface area contributed by atoms with E-state index in [1.165, 1.54) is 11.8 Å². The molecule has 4 nitrogen and oxygen atoms in total. The van der Waals surface area contributed by atoms with Crippen LogP contribution in [0.5, 0.6) is 0 Å². The van der Waals surface area contributed by atoms with Crippen LogP contribution in [0.2, 0.25) is 0 Å². The molecule has 0 saturated heterocycles. The standard InChI is InChI=1S/C18H15N3OS/c1-12-17(14-7-2-3-8-15(14)20-12)16(22)11-23-18-19-10-13-6-4-5-9-21(13)18/h2-10,20H,11H2,1H3. The van der Waals surface area contributed by atoms with Crippen molar-refractivity contribution < 1.29 is 4.79 Å². The van der Waals surface area contributed by atoms with Crippen molar-refractivity contribution in [1.29, 1.82) is 0 Å². The number of nitrogens with zero attached hydrogens (tertiary/aromatic N) is 2. The lowest BCUT2D eigenvalue weighted by Crippen LogP contribution is -2.04. The van der Waals surface area contributed by atoms with Gasteiger partial charge in [0.25, 0.3) is 0 Å². The van der Waals surface area contributed by atoms with Crippen molar-refractivity contribution >= 4 is 34.0 Å². The second-order valence-corrected chi connectivity index (χ2v) is 6.36. The minimum absolute atomic E-state index is 0.123. The molecule has 0 saturated carbocycles. The zero-order valence-corrected chi connectivity index (χ0v) is 13.4. The van der Waals surface area contributed by atoms with Crippen molar-refractivity contribution in [2.45, 2.75) is 12.1 Å². The topological polar surface area (TPSA) is 50.2 Å². The zero-order valence-electron chi connectivity index (χ0n) is 12.6. The van der Waals surface area contributed by atoms with Crippen molar-refractivity contribution in [2.75, 3.05) is 5.75 Å². The first-order valence-corrected chi connectivity index (χ1v) is 8.38. The van der Waals surface area contributed by atoms with E-state index in [1.54, 1.807) is 0 Å². The fraction of sp³-hybridized carbons (Fsp3) is 0.111. The number of ketones is 1. The number of H-pyrrole nitrogens is 1. The van der Waals surface area contributed by atoms with Gasteiger partial charge in [0.15, 0.2) is 10.9 Å². The molecule has 0 radical (unpaired) electrons. The lowest BCUT2D eigenvalue weighted by molar-refractivity contribution is 0.102. The summed E-state index contributed by atoms with van der Waals surface area (Å²) in [6.07, 6.45) is 3.79. The number of para-hydroxylation sites is 1. The Morgan fingerprint density at radius 2 is 2.04 bits per heavy atom. The number of pyridine rings is 1. The van der Waals surface area contributed by atoms with Gasteiger partial charge >= 0.3 is 0 Å². The number of carbonyl (C=O) groups excluding carboxylic acids is 1. The number of thioether (sulfide) groups is 1. The first kappa shape index (κ1) is 14.1. The molecule has 1 N–H and O–H groups in total. The minimum Gasteiger partial charge on any atom is -0.358 e. The Morgan fingerprint density at radius 3 is 2.96 bits per heavy atom. The van der Waals surface area contributed by atoms with Crippen LogP contribution in [0.25, 0.3) is 16.4 Å². The maximum absolute atomic E-state index is 12.7. The maximum Gasteiger partial charge on any atom is 0.175 e. The number of aromatic nitrogens is 3. The van der Waals surface area contributed by atoms with Gasteiger partial charge in [0.05, 0.1) is 17.5 Å². The summed E-state index contributed by atoms with van der Waals surface area (Å²) in [6.45, 7) is 1.95. The number of rotatable bonds is 4. The van der Waals surface area contributed by atoms with Gasteiger partial charge in [-0.2, -0.15) is 0 Å². The Hall–Kier alpha value is -2.53. The Labute approximate surface area is 137 Å². The van der Waals surface area contributed by atoms with Crippen LogP contribution in [0, 0.1) is 6.92 Å². The van der Waals surface area contributed by atoms with Crippen LogP contribution >= 0.6 is 11.8 Å². The smallest absolute Gasteiger partial charge is 0.175 e. The van der Waals surface area contributed by atoms with Crippen LogP contribution in [0.4, 0.5) is 0 Å². The van der Waals surface area contributed by atoms with E-state index in [0.717, 1.165) is 32.8 Å². The molecule has 4 aromatic rings. The number of aromatic amines is 1. The zero-order chi connectivity index (χ0) is 15.8. The molecule has 0 unspecified atom stereocenters. The number of benzene rings is 1. The molecular weight excluding hydrogens is 306 g/mol. The summed E-state index contributed by atoms with van der Waals surface area (Å²) in [5, 5.41) is 1.83. The molecule has 0 aliphatic heterocycles. The quantitative estimate of drug-likeness (QED) is 0.455. The summed E-state index contributed by atoms with van der Waals surface area (Å²) in [7, 11) is 0. The van der Waals surface area contributed by atoms with Gasteiger partial charge in [0.2, 0.25) is 0 Å². The molecule has 0 aliphatic rings. The second kappa shape index (κ2) is 5.59. The molecule has 0 atom stereocenters. The van der Waals surface area contributed by atoms with Gasteiger partial charge in [-0.1, -0.05) is 36.0 Å². The van der Waals surface area contributed by atoms with Gasteiger partial charge in [0.1, 0.15) is 0 Å². The number of carbonyl (C=O) groups is 1. The van der Waals surface area contributed by atoms with Gasteiger partial charge in [-0.15, -0.1) is 0 Å². The van der Waals surface area contributed by atoms with Crippen LogP contribution in [-0.2, 0) is 0 Å². The molecule has 0 spiro atoms. The van der Waals surface area contributed by atoms with E-state index in [4.69, 9.17) is 0 Å². The Morgan fingerprint density at radius 1 is 1.22 bits per heavy atom. The van der Waals surface area contributed by atoms with Crippen LogP contribution in [0.15, 0.2) is 60.0 Å². The molecule has 3 aromatic heterocycles. The number of Topliss-reactive ketones (excluding diaryl/α,β-unsaturated/α-hetero) is 1. The third kappa shape index (κ3) is 2.43. The summed E-state index contributed by atoms with van der Waals surface area (Å²) < 4.78 is 2.00. The molecule has 23 heavy (non-hydrogen) atoms. The third-order valence-electron chi connectivity index (χ3n) is 3.91. The highest BCUT2D eigenvalue weighted by atomic mass is 32.2. The number of aryl methyl sites for hydroxylation is 1. The number of imidazole rings is 1. The van der Waals surface area contributed by atoms with E-state index >= 15 is 0 Å². The van der Waals surface area contributed by atoms with Gasteiger partial charge in [-0.25, -0.2) is 4.98 Å². The Kier molecular flexibility index (Phi) is 3.42. The molecule has 114 valence electrons. The molecular formula is C18H15N3OS. The van der Waals surface area contributed by atoms with Crippen molar-refractivity contribution in [3.63, 3.8) is 0 Å². The molecule has 5 heteroatoms. The number of nitrogens with one attached hydrogen (secondary N) is 1. The SMILES string of the molecule is Cc1[nH]c2ccccc2c1C(=O)CSc1ncc2ccccn12.